The van der Waals surface area contributed by atoms with E-state index in [1.54, 1.807) is 53.1 Å². The first-order valence-corrected chi connectivity index (χ1v) is 31.0. The van der Waals surface area contributed by atoms with Crippen LogP contribution in [0.3, 0.4) is 0 Å². The average Bonchev–Trinajstić information content (AvgIpc) is 4.36. The zero-order valence-corrected chi connectivity index (χ0v) is 46.7. The molecule has 28 nitrogen and oxygen atoms in total. The standard InChI is InChI=1S/C46H49Cl2N13O15P2S2/c1-23(63)2-11-38(64)74-28-14-35(59-13-12-34(49)56-46(59)66)72-32(28)18-69-78(68,80-27-9-5-25(48)6-10-27)76-30-16-36(60-21-54-39-41(50)52-20-53-42(39)60)73-33(30)19-70-77(67,79-26-7-3-24(47)4-8-26)75-29-15-37(71-31(29)17-62)61-22-55-40-43(61)57-45(51)58-44(40)65/h3-10,12-13,20-22,28-33,35-37,62H,2,11,14-19H2,1H3,(H2,49,56,66)(H2,50,52,53)(H3,51,57,58,65)/t28-,29-,30-,31+,32+,33+,35+,36+,37+,77?,78?/m0/s1. The highest BCUT2D eigenvalue weighted by Gasteiger charge is 2.48. The van der Waals surface area contributed by atoms with Crippen molar-refractivity contribution in [1.29, 1.82) is 0 Å². The number of imidazole rings is 2. The lowest BCUT2D eigenvalue weighted by molar-refractivity contribution is -0.153. The molecule has 2 aromatic carbocycles. The largest absolute Gasteiger partial charge is 0.459 e. The summed E-state index contributed by atoms with van der Waals surface area (Å²) in [5.74, 6) is -1.10. The summed E-state index contributed by atoms with van der Waals surface area (Å²) in [5, 5.41) is 11.4. The number of nitrogens with zero attached hydrogens (tertiary/aromatic N) is 9. The maximum absolute atomic E-state index is 15.6. The highest BCUT2D eigenvalue weighted by atomic mass is 35.5. The third-order valence-corrected chi connectivity index (χ3v) is 20.4. The zero-order valence-electron chi connectivity index (χ0n) is 41.7. The van der Waals surface area contributed by atoms with Gasteiger partial charge >= 0.3 is 25.3 Å². The monoisotopic (exact) mass is 1220 g/mol. The van der Waals surface area contributed by atoms with E-state index in [2.05, 4.69) is 34.9 Å². The molecule has 7 aromatic rings. The van der Waals surface area contributed by atoms with Gasteiger partial charge in [0.05, 0.1) is 38.9 Å². The van der Waals surface area contributed by atoms with Crippen molar-refractivity contribution in [2.45, 2.75) is 104 Å². The van der Waals surface area contributed by atoms with Crippen molar-refractivity contribution in [1.82, 2.24) is 48.6 Å². The molecule has 2 unspecified atom stereocenters. The molecule has 3 saturated heterocycles. The van der Waals surface area contributed by atoms with Crippen LogP contribution in [0.15, 0.2) is 99.2 Å². The highest BCUT2D eigenvalue weighted by Crippen LogP contribution is 2.68. The van der Waals surface area contributed by atoms with Crippen molar-refractivity contribution >= 4 is 111 Å². The molecule has 0 aliphatic carbocycles. The Labute approximate surface area is 470 Å². The molecule has 8 N–H and O–H groups in total. The number of aliphatic hydroxyl groups excluding tert-OH is 1. The minimum absolute atomic E-state index is 0.0226. The summed E-state index contributed by atoms with van der Waals surface area (Å²) in [6, 6.07) is 14.0. The first kappa shape index (κ1) is 57.4. The molecule has 11 atom stereocenters. The van der Waals surface area contributed by atoms with Crippen molar-refractivity contribution < 1.29 is 60.9 Å². The molecule has 34 heteroatoms. The number of H-pyrrole nitrogens is 1. The van der Waals surface area contributed by atoms with Gasteiger partial charge in [-0.1, -0.05) is 23.2 Å². The van der Waals surface area contributed by atoms with Crippen LogP contribution >= 0.6 is 59.6 Å². The predicted octanol–water partition coefficient (Wildman–Crippen LogP) is 6.01. The van der Waals surface area contributed by atoms with Crippen LogP contribution in [0.5, 0.6) is 0 Å². The minimum Gasteiger partial charge on any atom is -0.459 e. The maximum atomic E-state index is 15.6. The number of hydrogen-bond donors (Lipinski definition) is 5. The number of esters is 1. The van der Waals surface area contributed by atoms with E-state index in [9.17, 15) is 24.3 Å². The number of rotatable bonds is 22. The zero-order chi connectivity index (χ0) is 56.5. The van der Waals surface area contributed by atoms with Crippen LogP contribution in [-0.4, -0.2) is 122 Å². The van der Waals surface area contributed by atoms with Crippen LogP contribution in [-0.2, 0) is 55.8 Å². The molecule has 0 spiro atoms. The van der Waals surface area contributed by atoms with Crippen LogP contribution < -0.4 is 28.5 Å². The van der Waals surface area contributed by atoms with Crippen LogP contribution in [0.4, 0.5) is 17.6 Å². The number of carbonyl (C=O) groups excluding carboxylic acids is 2. The minimum atomic E-state index is -4.56. The molecule has 0 bridgehead atoms. The molecule has 424 valence electrons. The summed E-state index contributed by atoms with van der Waals surface area (Å²) in [7, 11) is 0. The SMILES string of the molecule is CC(=O)CCC(=O)O[C@H]1C[C@H](n2ccc(N)nc2=O)O[C@@H]1COP(=O)(O[C@H]1C[C@H](n2cnc3c(N)ncnc32)O[C@@H]1COP(=O)(O[C@H]1C[C@H](n2cnc3c(=O)[nH]c(N)nc32)O[C@@H]1CO)Sc1ccc(Cl)cc1)Sc1ccc(Cl)cc1. The smallest absolute Gasteiger partial charge is 0.394 e. The topological polar surface area (TPSA) is 382 Å². The Morgan fingerprint density at radius 3 is 1.84 bits per heavy atom. The molecule has 0 radical (unpaired) electrons. The van der Waals surface area contributed by atoms with Gasteiger partial charge < -0.3 is 46.0 Å². The van der Waals surface area contributed by atoms with Crippen molar-refractivity contribution in [2.75, 3.05) is 37.0 Å². The number of anilines is 3. The van der Waals surface area contributed by atoms with Gasteiger partial charge in [0.25, 0.3) is 5.56 Å². The highest BCUT2D eigenvalue weighted by molar-refractivity contribution is 8.55. The second kappa shape index (κ2) is 24.3. The number of ether oxygens (including phenoxy) is 4. The number of nitrogens with two attached hydrogens (primary N) is 3. The van der Waals surface area contributed by atoms with E-state index in [1.165, 1.54) is 42.7 Å². The number of aromatic nitrogens is 10. The van der Waals surface area contributed by atoms with Gasteiger partial charge in [0.2, 0.25) is 5.95 Å². The molecule has 80 heavy (non-hydrogen) atoms. The van der Waals surface area contributed by atoms with E-state index >= 15 is 9.13 Å². The fourth-order valence-electron chi connectivity index (χ4n) is 8.88. The number of nitrogens with one attached hydrogen (secondary N) is 1. The molecule has 3 aliphatic rings. The lowest BCUT2D eigenvalue weighted by atomic mass is 10.2. The Balaban J connectivity index is 0.956. The second-order valence-corrected chi connectivity index (χ2v) is 27.0. The Morgan fingerprint density at radius 2 is 1.25 bits per heavy atom. The molecule has 10 rings (SSSR count). The van der Waals surface area contributed by atoms with Gasteiger partial charge in [-0.15, -0.1) is 0 Å². The Kier molecular flexibility index (Phi) is 17.5. The van der Waals surface area contributed by atoms with Crippen LogP contribution in [0.25, 0.3) is 22.3 Å². The average molecular weight is 1220 g/mol. The second-order valence-electron chi connectivity index (χ2n) is 18.3. The molecule has 0 saturated carbocycles. The van der Waals surface area contributed by atoms with Gasteiger partial charge in [0.1, 0.15) is 78.8 Å². The van der Waals surface area contributed by atoms with Crippen LogP contribution in [0, 0.1) is 0 Å². The van der Waals surface area contributed by atoms with Gasteiger partial charge in [-0.25, -0.2) is 33.9 Å². The van der Waals surface area contributed by atoms with Gasteiger partial charge in [-0.3, -0.25) is 46.4 Å². The number of halogens is 2. The number of fused-ring (bicyclic) bond motifs is 2. The quantitative estimate of drug-likeness (QED) is 0.0383. The van der Waals surface area contributed by atoms with Gasteiger partial charge in [0.15, 0.2) is 22.6 Å². The number of carbonyl (C=O) groups is 2. The number of hydrogen-bond acceptors (Lipinski definition) is 26. The lowest BCUT2D eigenvalue weighted by Gasteiger charge is -2.28. The van der Waals surface area contributed by atoms with Crippen LogP contribution in [0.1, 0.15) is 57.7 Å². The van der Waals surface area contributed by atoms with E-state index in [0.717, 1.165) is 15.9 Å². The van der Waals surface area contributed by atoms with Crippen molar-refractivity contribution in [3.63, 3.8) is 0 Å². The number of Topliss-reactive ketones (excluding diaryl/α,β-unsaturated/α-hetero) is 1. The molecule has 3 aliphatic heterocycles. The van der Waals surface area contributed by atoms with E-state index in [0.29, 0.717) is 31.2 Å². The first-order chi connectivity index (χ1) is 38.3. The van der Waals surface area contributed by atoms with E-state index in [4.69, 9.17) is 77.4 Å². The molecule has 8 heterocycles. The predicted molar refractivity (Wildman–Crippen MR) is 289 cm³/mol. The number of benzene rings is 2. The Bertz CT molecular complexity index is 3640. The summed E-state index contributed by atoms with van der Waals surface area (Å²) in [6.45, 7) is -9.44. The fourth-order valence-corrected chi connectivity index (χ4v) is 16.1. The Hall–Kier alpha value is -5.82. The van der Waals surface area contributed by atoms with Crippen LogP contribution in [0.2, 0.25) is 10.0 Å². The molecule has 0 amide bonds. The third-order valence-electron chi connectivity index (χ3n) is 12.7. The summed E-state index contributed by atoms with van der Waals surface area (Å²) in [6.07, 6.45) is -5.17. The molecular weight excluding hydrogens is 1170 g/mol. The summed E-state index contributed by atoms with van der Waals surface area (Å²) in [5.41, 5.74) is 17.0. The van der Waals surface area contributed by atoms with Gasteiger partial charge in [-0.2, -0.15) is 9.97 Å². The summed E-state index contributed by atoms with van der Waals surface area (Å²) in [4.78, 5) is 78.7. The van der Waals surface area contributed by atoms with Crippen molar-refractivity contribution in [3.05, 3.63) is 111 Å². The number of ketones is 1. The fraction of sp³-hybridized carbons (Fsp3) is 0.391. The lowest BCUT2D eigenvalue weighted by Crippen LogP contribution is -2.32. The Morgan fingerprint density at radius 1 is 0.713 bits per heavy atom. The molecule has 3 fully saturated rings. The van der Waals surface area contributed by atoms with Crippen molar-refractivity contribution in [2.24, 2.45) is 0 Å². The number of aromatic amines is 1. The van der Waals surface area contributed by atoms with Gasteiger partial charge in [0, 0.05) is 51.7 Å². The van der Waals surface area contributed by atoms with Crippen molar-refractivity contribution in [3.8, 4) is 0 Å². The van der Waals surface area contributed by atoms with E-state index < -0.39 is 106 Å². The normalized spacial score (nSPS) is 24.5. The summed E-state index contributed by atoms with van der Waals surface area (Å²) < 4.78 is 85.7. The van der Waals surface area contributed by atoms with Gasteiger partial charge in [-0.05, 0) is 84.3 Å². The summed E-state index contributed by atoms with van der Waals surface area (Å²) >= 11 is 13.9. The molecule has 5 aromatic heterocycles. The van der Waals surface area contributed by atoms with E-state index in [1.807, 2.05) is 0 Å². The maximum Gasteiger partial charge on any atom is 0.394 e. The van der Waals surface area contributed by atoms with E-state index in [-0.39, 0.29) is 77.8 Å². The third kappa shape index (κ3) is 13.2. The first-order valence-electron chi connectivity index (χ1n) is 24.3. The number of aliphatic hydroxyl groups is 1. The number of nitrogen functional groups attached to an aromatic ring is 3. The molecular formula is C46H49Cl2N13O15P2S2.